The molecule has 0 unspecified atom stereocenters. The smallest absolute Gasteiger partial charge is 0.403 e. The number of rotatable bonds is 2. The molecule has 1 aromatic heterocycles. The summed E-state index contributed by atoms with van der Waals surface area (Å²) in [5.41, 5.74) is 5.23. The van der Waals surface area contributed by atoms with Crippen LogP contribution in [0, 0.1) is 0 Å². The molecular weight excluding hydrogens is 183 g/mol. The number of anilines is 1. The summed E-state index contributed by atoms with van der Waals surface area (Å²) in [5.74, 6) is 0.241. The highest BCUT2D eigenvalue weighted by atomic mass is 31.2. The molecule has 66 valence electrons. The number of phosphoric ester groups is 1. The first-order valence-electron chi connectivity index (χ1n) is 2.94. The highest BCUT2D eigenvalue weighted by Crippen LogP contribution is 2.36. The Bertz CT molecular complexity index is 306. The van der Waals surface area contributed by atoms with E-state index >= 15 is 0 Å². The van der Waals surface area contributed by atoms with Crippen molar-refractivity contribution in [1.82, 2.24) is 4.98 Å². The van der Waals surface area contributed by atoms with Gasteiger partial charge in [0.1, 0.15) is 11.6 Å². The average molecular weight is 190 g/mol. The fourth-order valence-electron chi connectivity index (χ4n) is 0.583. The van der Waals surface area contributed by atoms with Crippen molar-refractivity contribution in [2.24, 2.45) is 0 Å². The van der Waals surface area contributed by atoms with Gasteiger partial charge in [-0.1, -0.05) is 0 Å². The summed E-state index contributed by atoms with van der Waals surface area (Å²) in [6, 6.07) is 2.70. The fraction of sp³-hybridized carbons (Fsp3) is 0. The molecule has 12 heavy (non-hydrogen) atoms. The highest BCUT2D eigenvalue weighted by Gasteiger charge is 2.15. The lowest BCUT2D eigenvalue weighted by Gasteiger charge is -2.05. The highest BCUT2D eigenvalue weighted by molar-refractivity contribution is 7.46. The van der Waals surface area contributed by atoms with Crippen LogP contribution in [0.3, 0.4) is 0 Å². The zero-order valence-corrected chi connectivity index (χ0v) is 6.81. The Balaban J connectivity index is 2.78. The molecule has 0 saturated heterocycles. The van der Waals surface area contributed by atoms with Crippen LogP contribution in [-0.2, 0) is 4.57 Å². The summed E-state index contributed by atoms with van der Waals surface area (Å²) < 4.78 is 14.5. The van der Waals surface area contributed by atoms with E-state index in [9.17, 15) is 4.57 Å². The SMILES string of the molecule is Nc1ccc(OP(=O)(O)O)cn1. The van der Waals surface area contributed by atoms with Gasteiger partial charge in [0.05, 0.1) is 6.20 Å². The lowest BCUT2D eigenvalue weighted by molar-refractivity contribution is 0.283. The third kappa shape index (κ3) is 2.87. The molecule has 0 amide bonds. The van der Waals surface area contributed by atoms with Crippen molar-refractivity contribution in [2.75, 3.05) is 5.73 Å². The molecule has 1 heterocycles. The topological polar surface area (TPSA) is 106 Å². The van der Waals surface area contributed by atoms with E-state index in [1.54, 1.807) is 0 Å². The second-order valence-electron chi connectivity index (χ2n) is 2.00. The Kier molecular flexibility index (Phi) is 2.32. The van der Waals surface area contributed by atoms with Crippen LogP contribution in [0.15, 0.2) is 18.3 Å². The van der Waals surface area contributed by atoms with E-state index in [1.807, 2.05) is 0 Å². The standard InChI is InChI=1S/C5H7N2O4P/c6-5-2-1-4(3-7-5)11-12(8,9)10/h1-3H,(H2,6,7)(H2,8,9,10). The Hall–Kier alpha value is -1.10. The lowest BCUT2D eigenvalue weighted by atomic mass is 10.4. The summed E-state index contributed by atoms with van der Waals surface area (Å²) in [5, 5.41) is 0. The molecule has 0 fully saturated rings. The van der Waals surface area contributed by atoms with Gasteiger partial charge in [0.15, 0.2) is 0 Å². The molecular formula is C5H7N2O4P. The van der Waals surface area contributed by atoms with Gasteiger partial charge in [-0.25, -0.2) is 9.55 Å². The molecule has 0 spiro atoms. The van der Waals surface area contributed by atoms with Gasteiger partial charge >= 0.3 is 7.82 Å². The van der Waals surface area contributed by atoms with Gasteiger partial charge in [0, 0.05) is 0 Å². The first-order valence-corrected chi connectivity index (χ1v) is 4.47. The first kappa shape index (κ1) is 8.99. The van der Waals surface area contributed by atoms with Crippen LogP contribution >= 0.6 is 7.82 Å². The normalized spacial score (nSPS) is 11.2. The summed E-state index contributed by atoms with van der Waals surface area (Å²) in [4.78, 5) is 20.3. The molecule has 0 bridgehead atoms. The molecule has 6 nitrogen and oxygen atoms in total. The van der Waals surface area contributed by atoms with Gasteiger partial charge in [0.2, 0.25) is 0 Å². The maximum atomic E-state index is 10.3. The van der Waals surface area contributed by atoms with E-state index in [2.05, 4.69) is 9.51 Å². The molecule has 0 atom stereocenters. The summed E-state index contributed by atoms with van der Waals surface area (Å²) in [7, 11) is -4.48. The zero-order valence-electron chi connectivity index (χ0n) is 5.91. The predicted octanol–water partition coefficient (Wildman–Crippen LogP) is 0.135. The van der Waals surface area contributed by atoms with Gasteiger partial charge in [-0.15, -0.1) is 0 Å². The van der Waals surface area contributed by atoms with E-state index < -0.39 is 7.82 Å². The summed E-state index contributed by atoms with van der Waals surface area (Å²) in [6.45, 7) is 0. The Morgan fingerprint density at radius 3 is 2.58 bits per heavy atom. The van der Waals surface area contributed by atoms with E-state index in [0.29, 0.717) is 0 Å². The van der Waals surface area contributed by atoms with Crippen LogP contribution in [0.4, 0.5) is 5.82 Å². The van der Waals surface area contributed by atoms with Crippen molar-refractivity contribution in [3.8, 4) is 5.75 Å². The van der Waals surface area contributed by atoms with Crippen LogP contribution in [-0.4, -0.2) is 14.8 Å². The minimum absolute atomic E-state index is 0.0162. The number of phosphoric acid groups is 1. The number of hydrogen-bond donors (Lipinski definition) is 3. The van der Waals surface area contributed by atoms with Crippen molar-refractivity contribution in [3.05, 3.63) is 18.3 Å². The number of nitrogens with two attached hydrogens (primary N) is 1. The van der Waals surface area contributed by atoms with Gasteiger partial charge in [-0.2, -0.15) is 0 Å². The van der Waals surface area contributed by atoms with E-state index in [4.69, 9.17) is 15.5 Å². The Labute approximate surface area is 68.2 Å². The van der Waals surface area contributed by atoms with Crippen molar-refractivity contribution in [3.63, 3.8) is 0 Å². The van der Waals surface area contributed by atoms with Crippen molar-refractivity contribution in [2.45, 2.75) is 0 Å². The molecule has 0 aliphatic heterocycles. The first-order chi connectivity index (χ1) is 5.47. The quantitative estimate of drug-likeness (QED) is 0.572. The maximum Gasteiger partial charge on any atom is 0.524 e. The van der Waals surface area contributed by atoms with E-state index in [-0.39, 0.29) is 11.6 Å². The van der Waals surface area contributed by atoms with Crippen molar-refractivity contribution >= 4 is 13.6 Å². The number of aromatic nitrogens is 1. The second-order valence-corrected chi connectivity index (χ2v) is 3.16. The van der Waals surface area contributed by atoms with E-state index in [0.717, 1.165) is 6.20 Å². The molecule has 0 aliphatic carbocycles. The summed E-state index contributed by atoms with van der Waals surface area (Å²) in [6.07, 6.45) is 1.13. The second kappa shape index (κ2) is 3.10. The predicted molar refractivity (Wildman–Crippen MR) is 41.3 cm³/mol. The van der Waals surface area contributed by atoms with Crippen LogP contribution in [0.1, 0.15) is 0 Å². The fourth-order valence-corrected chi connectivity index (χ4v) is 0.966. The van der Waals surface area contributed by atoms with Crippen molar-refractivity contribution < 1.29 is 18.9 Å². The number of pyridine rings is 1. The molecule has 7 heteroatoms. The number of nitrogens with zero attached hydrogens (tertiary/aromatic N) is 1. The minimum Gasteiger partial charge on any atom is -0.403 e. The van der Waals surface area contributed by atoms with Crippen molar-refractivity contribution in [1.29, 1.82) is 0 Å². The molecule has 0 saturated carbocycles. The van der Waals surface area contributed by atoms with Gasteiger partial charge < -0.3 is 10.3 Å². The molecule has 0 radical (unpaired) electrons. The van der Waals surface area contributed by atoms with Gasteiger partial charge in [-0.3, -0.25) is 9.79 Å². The molecule has 1 aromatic rings. The largest absolute Gasteiger partial charge is 0.524 e. The van der Waals surface area contributed by atoms with Gasteiger partial charge in [-0.05, 0) is 12.1 Å². The Morgan fingerprint density at radius 2 is 2.17 bits per heavy atom. The Morgan fingerprint density at radius 1 is 1.50 bits per heavy atom. The molecule has 1 rings (SSSR count). The third-order valence-electron chi connectivity index (χ3n) is 0.984. The maximum absolute atomic E-state index is 10.3. The van der Waals surface area contributed by atoms with E-state index in [1.165, 1.54) is 12.1 Å². The lowest BCUT2D eigenvalue weighted by Crippen LogP contribution is -1.93. The van der Waals surface area contributed by atoms with Gasteiger partial charge in [0.25, 0.3) is 0 Å². The molecule has 0 aromatic carbocycles. The monoisotopic (exact) mass is 190 g/mol. The zero-order chi connectivity index (χ0) is 9.19. The number of hydrogen-bond acceptors (Lipinski definition) is 4. The average Bonchev–Trinajstić information content (AvgIpc) is 1.91. The molecule has 4 N–H and O–H groups in total. The summed E-state index contributed by atoms with van der Waals surface area (Å²) >= 11 is 0. The van der Waals surface area contributed by atoms with Crippen LogP contribution < -0.4 is 10.3 Å². The van der Waals surface area contributed by atoms with Crippen LogP contribution in [0.25, 0.3) is 0 Å². The van der Waals surface area contributed by atoms with Crippen LogP contribution in [0.5, 0.6) is 5.75 Å². The third-order valence-corrected chi connectivity index (χ3v) is 1.43. The van der Waals surface area contributed by atoms with Crippen LogP contribution in [0.2, 0.25) is 0 Å². The minimum atomic E-state index is -4.48. The molecule has 0 aliphatic rings. The number of nitrogen functional groups attached to an aromatic ring is 1.